The van der Waals surface area contributed by atoms with Gasteiger partial charge in [0.15, 0.2) is 0 Å². The van der Waals surface area contributed by atoms with Crippen LogP contribution in [0.2, 0.25) is 10.0 Å². The Kier molecular flexibility index (Phi) is 6.16. The first-order chi connectivity index (χ1) is 11.8. The Labute approximate surface area is 156 Å². The SMILES string of the molecule is CCC(=O)Nc1cc(S(=O)(=O)Nc2ccc(Cl)cc2Cl)ccc1OC. The molecule has 9 heteroatoms. The molecule has 6 nitrogen and oxygen atoms in total. The second-order valence-electron chi connectivity index (χ2n) is 4.99. The summed E-state index contributed by atoms with van der Waals surface area (Å²) in [6.07, 6.45) is 0.249. The van der Waals surface area contributed by atoms with Crippen LogP contribution < -0.4 is 14.8 Å². The Morgan fingerprint density at radius 3 is 2.44 bits per heavy atom. The number of rotatable bonds is 6. The van der Waals surface area contributed by atoms with Crippen LogP contribution in [0.25, 0.3) is 0 Å². The Hall–Kier alpha value is -1.96. The minimum absolute atomic E-state index is 0.0503. The molecule has 2 aromatic carbocycles. The predicted molar refractivity (Wildman–Crippen MR) is 99.2 cm³/mol. The first-order valence-electron chi connectivity index (χ1n) is 7.22. The molecule has 0 aromatic heterocycles. The Balaban J connectivity index is 2.38. The highest BCUT2D eigenvalue weighted by atomic mass is 35.5. The fourth-order valence-electron chi connectivity index (χ4n) is 1.97. The van der Waals surface area contributed by atoms with E-state index in [-0.39, 0.29) is 33.6 Å². The molecule has 134 valence electrons. The van der Waals surface area contributed by atoms with Gasteiger partial charge in [0.1, 0.15) is 5.75 Å². The highest BCUT2D eigenvalue weighted by Crippen LogP contribution is 2.31. The molecule has 0 heterocycles. The van der Waals surface area contributed by atoms with Crippen LogP contribution in [0.15, 0.2) is 41.3 Å². The number of carbonyl (C=O) groups is 1. The summed E-state index contributed by atoms with van der Waals surface area (Å²) in [5.74, 6) is 0.0897. The van der Waals surface area contributed by atoms with Crippen LogP contribution in [-0.4, -0.2) is 21.4 Å². The van der Waals surface area contributed by atoms with E-state index >= 15 is 0 Å². The summed E-state index contributed by atoms with van der Waals surface area (Å²) in [7, 11) is -2.50. The average Bonchev–Trinajstić information content (AvgIpc) is 2.57. The Morgan fingerprint density at radius 2 is 1.84 bits per heavy atom. The molecule has 0 fully saturated rings. The number of nitrogens with one attached hydrogen (secondary N) is 2. The van der Waals surface area contributed by atoms with Crippen molar-refractivity contribution in [3.63, 3.8) is 0 Å². The lowest BCUT2D eigenvalue weighted by Crippen LogP contribution is -2.15. The number of anilines is 2. The summed E-state index contributed by atoms with van der Waals surface area (Å²) in [4.78, 5) is 11.6. The van der Waals surface area contributed by atoms with Crippen LogP contribution in [0.4, 0.5) is 11.4 Å². The van der Waals surface area contributed by atoms with E-state index < -0.39 is 10.0 Å². The summed E-state index contributed by atoms with van der Waals surface area (Å²) < 4.78 is 32.7. The quantitative estimate of drug-likeness (QED) is 0.759. The summed E-state index contributed by atoms with van der Waals surface area (Å²) in [6.45, 7) is 1.69. The van der Waals surface area contributed by atoms with Crippen molar-refractivity contribution in [1.29, 1.82) is 0 Å². The third kappa shape index (κ3) is 4.78. The molecule has 0 aliphatic heterocycles. The second-order valence-corrected chi connectivity index (χ2v) is 7.52. The topological polar surface area (TPSA) is 84.5 Å². The smallest absolute Gasteiger partial charge is 0.262 e. The molecule has 0 aliphatic rings. The van der Waals surface area contributed by atoms with E-state index in [4.69, 9.17) is 27.9 Å². The number of ether oxygens (including phenoxy) is 1. The van der Waals surface area contributed by atoms with Crippen molar-refractivity contribution in [1.82, 2.24) is 0 Å². The molecule has 2 rings (SSSR count). The molecule has 2 N–H and O–H groups in total. The van der Waals surface area contributed by atoms with E-state index in [2.05, 4.69) is 10.0 Å². The van der Waals surface area contributed by atoms with E-state index in [1.807, 2.05) is 0 Å². The molecule has 0 unspecified atom stereocenters. The van der Waals surface area contributed by atoms with Crippen molar-refractivity contribution in [2.24, 2.45) is 0 Å². The van der Waals surface area contributed by atoms with Gasteiger partial charge in [0.2, 0.25) is 5.91 Å². The van der Waals surface area contributed by atoms with Crippen molar-refractivity contribution < 1.29 is 17.9 Å². The van der Waals surface area contributed by atoms with Gasteiger partial charge in [-0.15, -0.1) is 0 Å². The molecule has 0 saturated carbocycles. The largest absolute Gasteiger partial charge is 0.495 e. The normalized spacial score (nSPS) is 11.0. The van der Waals surface area contributed by atoms with E-state index in [1.165, 1.54) is 43.5 Å². The molecular weight excluding hydrogens is 387 g/mol. The molecule has 0 radical (unpaired) electrons. The van der Waals surface area contributed by atoms with Crippen molar-refractivity contribution in [3.8, 4) is 5.75 Å². The summed E-state index contributed by atoms with van der Waals surface area (Å²) in [6, 6.07) is 8.56. The number of carbonyl (C=O) groups excluding carboxylic acids is 1. The molecule has 25 heavy (non-hydrogen) atoms. The molecule has 2 aromatic rings. The van der Waals surface area contributed by atoms with Crippen molar-refractivity contribution in [3.05, 3.63) is 46.4 Å². The fourth-order valence-corrected chi connectivity index (χ4v) is 3.58. The summed E-state index contributed by atoms with van der Waals surface area (Å²) >= 11 is 11.8. The Bertz CT molecular complexity index is 901. The lowest BCUT2D eigenvalue weighted by atomic mass is 10.3. The van der Waals surface area contributed by atoms with Gasteiger partial charge in [-0.3, -0.25) is 9.52 Å². The third-order valence-corrected chi connectivity index (χ3v) is 5.16. The molecule has 0 bridgehead atoms. The number of amides is 1. The number of hydrogen-bond donors (Lipinski definition) is 2. The van der Waals surface area contributed by atoms with E-state index in [0.29, 0.717) is 10.8 Å². The maximum Gasteiger partial charge on any atom is 0.262 e. The summed E-state index contributed by atoms with van der Waals surface area (Å²) in [5.41, 5.74) is 0.459. The number of halogens is 2. The monoisotopic (exact) mass is 402 g/mol. The van der Waals surface area contributed by atoms with E-state index in [9.17, 15) is 13.2 Å². The van der Waals surface area contributed by atoms with Gasteiger partial charge in [0, 0.05) is 11.4 Å². The number of sulfonamides is 1. The molecule has 0 atom stereocenters. The van der Waals surface area contributed by atoms with Crippen LogP contribution >= 0.6 is 23.2 Å². The van der Waals surface area contributed by atoms with Crippen LogP contribution in [-0.2, 0) is 14.8 Å². The number of methoxy groups -OCH3 is 1. The fraction of sp³-hybridized carbons (Fsp3) is 0.188. The van der Waals surface area contributed by atoms with Crippen LogP contribution in [0.3, 0.4) is 0 Å². The highest BCUT2D eigenvalue weighted by molar-refractivity contribution is 7.92. The van der Waals surface area contributed by atoms with Crippen molar-refractivity contribution >= 4 is 50.5 Å². The molecule has 0 saturated heterocycles. The number of benzene rings is 2. The van der Waals surface area contributed by atoms with Crippen molar-refractivity contribution in [2.45, 2.75) is 18.2 Å². The predicted octanol–water partition coefficient (Wildman–Crippen LogP) is 4.15. The third-order valence-electron chi connectivity index (χ3n) is 3.25. The first-order valence-corrected chi connectivity index (χ1v) is 9.46. The zero-order valence-corrected chi connectivity index (χ0v) is 15.8. The minimum atomic E-state index is -3.92. The molecular formula is C16H16Cl2N2O4S. The van der Waals surface area contributed by atoms with Crippen LogP contribution in [0, 0.1) is 0 Å². The van der Waals surface area contributed by atoms with E-state index in [0.717, 1.165) is 0 Å². The van der Waals surface area contributed by atoms with E-state index in [1.54, 1.807) is 6.92 Å². The van der Waals surface area contributed by atoms with Gasteiger partial charge in [-0.1, -0.05) is 30.1 Å². The standard InChI is InChI=1S/C16H16Cl2N2O4S/c1-3-16(21)19-14-9-11(5-7-15(14)24-2)25(22,23)20-13-6-4-10(17)8-12(13)18/h4-9,20H,3H2,1-2H3,(H,19,21). The van der Waals surface area contributed by atoms with Gasteiger partial charge in [0.05, 0.1) is 28.4 Å². The van der Waals surface area contributed by atoms with Gasteiger partial charge in [-0.05, 0) is 36.4 Å². The molecule has 1 amide bonds. The van der Waals surface area contributed by atoms with Gasteiger partial charge >= 0.3 is 0 Å². The molecule has 0 spiro atoms. The minimum Gasteiger partial charge on any atom is -0.495 e. The zero-order valence-electron chi connectivity index (χ0n) is 13.5. The van der Waals surface area contributed by atoms with Gasteiger partial charge in [-0.25, -0.2) is 8.42 Å². The second kappa shape index (κ2) is 7.95. The maximum atomic E-state index is 12.6. The van der Waals surface area contributed by atoms with Gasteiger partial charge in [-0.2, -0.15) is 0 Å². The summed E-state index contributed by atoms with van der Waals surface area (Å²) in [5, 5.41) is 3.17. The first kappa shape index (κ1) is 19.4. The van der Waals surface area contributed by atoms with Gasteiger partial charge < -0.3 is 10.1 Å². The maximum absolute atomic E-state index is 12.6. The van der Waals surface area contributed by atoms with Crippen LogP contribution in [0.1, 0.15) is 13.3 Å². The average molecular weight is 403 g/mol. The highest BCUT2D eigenvalue weighted by Gasteiger charge is 2.19. The van der Waals surface area contributed by atoms with Crippen molar-refractivity contribution in [2.75, 3.05) is 17.1 Å². The van der Waals surface area contributed by atoms with Crippen LogP contribution in [0.5, 0.6) is 5.75 Å². The number of hydrogen-bond acceptors (Lipinski definition) is 4. The Morgan fingerprint density at radius 1 is 1.12 bits per heavy atom. The van der Waals surface area contributed by atoms with Gasteiger partial charge in [0.25, 0.3) is 10.0 Å². The lowest BCUT2D eigenvalue weighted by molar-refractivity contribution is -0.115. The zero-order chi connectivity index (χ0) is 18.6. The lowest BCUT2D eigenvalue weighted by Gasteiger charge is -2.13. The molecule has 0 aliphatic carbocycles.